The van der Waals surface area contributed by atoms with E-state index >= 15 is 0 Å². The Morgan fingerprint density at radius 1 is 0.841 bits per heavy atom. The van der Waals surface area contributed by atoms with Gasteiger partial charge in [-0.15, -0.1) is 0 Å². The molecule has 230 valence electrons. The lowest BCUT2D eigenvalue weighted by molar-refractivity contribution is -0.122. The molecule has 2 N–H and O–H groups in total. The summed E-state index contributed by atoms with van der Waals surface area (Å²) in [6.45, 7) is 6.34. The smallest absolute Gasteiger partial charge is 0.335 e. The second-order valence-electron chi connectivity index (χ2n) is 9.35. The van der Waals surface area contributed by atoms with Gasteiger partial charge < -0.3 is 24.3 Å². The number of anilines is 2. The number of nitrogens with one attached hydrogen (secondary N) is 2. The zero-order valence-electron chi connectivity index (χ0n) is 24.5. The number of imide groups is 2. The average molecular weight is 622 g/mol. The Morgan fingerprint density at radius 2 is 1.50 bits per heavy atom. The van der Waals surface area contributed by atoms with Crippen LogP contribution in [0.5, 0.6) is 23.0 Å². The van der Waals surface area contributed by atoms with Gasteiger partial charge in [0.05, 0.1) is 25.5 Å². The standard InChI is InChI=1S/C32H32ClN3O8/c1-4-15-43-25-14-12-23(18-28(25)42-6-3)36-31(39)24(30(38)35-32(36)40)16-20-7-13-26(27(17-20)41-5-2)44-19-29(37)34-22-10-8-21(33)9-11-22/h7-14,16-18H,4-6,15,19H2,1-3H3,(H,34,37)(H,35,38,40)/b24-16+. The van der Waals surface area contributed by atoms with Gasteiger partial charge in [-0.1, -0.05) is 24.6 Å². The molecule has 4 rings (SSSR count). The molecule has 0 bridgehead atoms. The van der Waals surface area contributed by atoms with Gasteiger partial charge in [0.2, 0.25) is 0 Å². The molecule has 1 fully saturated rings. The molecule has 5 amide bonds. The van der Waals surface area contributed by atoms with Crippen molar-refractivity contribution in [2.75, 3.05) is 36.6 Å². The highest BCUT2D eigenvalue weighted by Crippen LogP contribution is 2.34. The molecule has 1 saturated heterocycles. The van der Waals surface area contributed by atoms with Crippen LogP contribution in [0.15, 0.2) is 66.2 Å². The third-order valence-electron chi connectivity index (χ3n) is 6.11. The number of benzene rings is 3. The predicted octanol–water partition coefficient (Wildman–Crippen LogP) is 5.61. The fourth-order valence-corrected chi connectivity index (χ4v) is 4.30. The second-order valence-corrected chi connectivity index (χ2v) is 9.79. The summed E-state index contributed by atoms with van der Waals surface area (Å²) in [7, 11) is 0. The van der Waals surface area contributed by atoms with E-state index in [1.165, 1.54) is 12.1 Å². The second kappa shape index (κ2) is 14.9. The van der Waals surface area contributed by atoms with Gasteiger partial charge in [-0.05, 0) is 80.4 Å². The summed E-state index contributed by atoms with van der Waals surface area (Å²) in [5.74, 6) is -0.649. The van der Waals surface area contributed by atoms with Crippen LogP contribution in [0.2, 0.25) is 5.02 Å². The number of nitrogens with zero attached hydrogens (tertiary/aromatic N) is 1. The minimum absolute atomic E-state index is 0.203. The zero-order chi connectivity index (χ0) is 31.6. The van der Waals surface area contributed by atoms with Gasteiger partial charge in [0.1, 0.15) is 5.57 Å². The lowest BCUT2D eigenvalue weighted by atomic mass is 10.1. The van der Waals surface area contributed by atoms with E-state index in [-0.39, 0.29) is 30.2 Å². The number of carbonyl (C=O) groups excluding carboxylic acids is 4. The highest BCUT2D eigenvalue weighted by molar-refractivity contribution is 6.39. The minimum atomic E-state index is -0.891. The molecule has 3 aromatic carbocycles. The van der Waals surface area contributed by atoms with Crippen molar-refractivity contribution in [2.45, 2.75) is 27.2 Å². The highest BCUT2D eigenvalue weighted by atomic mass is 35.5. The summed E-state index contributed by atoms with van der Waals surface area (Å²) in [6.07, 6.45) is 2.13. The van der Waals surface area contributed by atoms with E-state index in [0.29, 0.717) is 46.7 Å². The number of amides is 5. The molecule has 0 unspecified atom stereocenters. The van der Waals surface area contributed by atoms with Crippen LogP contribution >= 0.6 is 11.6 Å². The molecule has 0 atom stereocenters. The quantitative estimate of drug-likeness (QED) is 0.186. The molecule has 0 radical (unpaired) electrons. The molecular weight excluding hydrogens is 590 g/mol. The first kappa shape index (κ1) is 31.9. The number of urea groups is 1. The zero-order valence-corrected chi connectivity index (χ0v) is 25.2. The molecule has 1 aliphatic heterocycles. The summed E-state index contributed by atoms with van der Waals surface area (Å²) in [4.78, 5) is 52.3. The summed E-state index contributed by atoms with van der Waals surface area (Å²) >= 11 is 5.88. The van der Waals surface area contributed by atoms with Crippen molar-refractivity contribution in [3.63, 3.8) is 0 Å². The van der Waals surface area contributed by atoms with Crippen molar-refractivity contribution in [3.8, 4) is 23.0 Å². The van der Waals surface area contributed by atoms with Crippen molar-refractivity contribution in [2.24, 2.45) is 0 Å². The number of ether oxygens (including phenoxy) is 4. The summed E-state index contributed by atoms with van der Waals surface area (Å²) < 4.78 is 22.7. The van der Waals surface area contributed by atoms with E-state index in [9.17, 15) is 19.2 Å². The topological polar surface area (TPSA) is 132 Å². The number of barbiturate groups is 1. The number of carbonyl (C=O) groups is 4. The lowest BCUT2D eigenvalue weighted by Gasteiger charge is -2.27. The van der Waals surface area contributed by atoms with Crippen molar-refractivity contribution in [1.29, 1.82) is 0 Å². The summed E-state index contributed by atoms with van der Waals surface area (Å²) in [5.41, 5.74) is 0.923. The van der Waals surface area contributed by atoms with Crippen molar-refractivity contribution >= 4 is 52.8 Å². The maximum atomic E-state index is 13.5. The van der Waals surface area contributed by atoms with Crippen LogP contribution in [-0.2, 0) is 14.4 Å². The number of halogens is 1. The van der Waals surface area contributed by atoms with E-state index in [1.807, 2.05) is 6.92 Å². The monoisotopic (exact) mass is 621 g/mol. The minimum Gasteiger partial charge on any atom is -0.490 e. The van der Waals surface area contributed by atoms with Gasteiger partial charge in [-0.2, -0.15) is 0 Å². The van der Waals surface area contributed by atoms with Crippen LogP contribution in [0.3, 0.4) is 0 Å². The van der Waals surface area contributed by atoms with Crippen LogP contribution in [-0.4, -0.2) is 50.2 Å². The molecule has 44 heavy (non-hydrogen) atoms. The SMILES string of the molecule is CCCOc1ccc(N2C(=O)NC(=O)/C(=C\c3ccc(OCC(=O)Nc4ccc(Cl)cc4)c(OCC)c3)C2=O)cc1OCC. The Kier molecular flexibility index (Phi) is 10.8. The Balaban J connectivity index is 1.55. The fourth-order valence-electron chi connectivity index (χ4n) is 4.17. The van der Waals surface area contributed by atoms with E-state index in [0.717, 1.165) is 11.3 Å². The first-order valence-electron chi connectivity index (χ1n) is 14.0. The van der Waals surface area contributed by atoms with Crippen molar-refractivity contribution in [3.05, 3.63) is 76.8 Å². The maximum absolute atomic E-state index is 13.5. The van der Waals surface area contributed by atoms with E-state index in [2.05, 4.69) is 10.6 Å². The van der Waals surface area contributed by atoms with Gasteiger partial charge in [0.25, 0.3) is 17.7 Å². The van der Waals surface area contributed by atoms with Gasteiger partial charge in [-0.25, -0.2) is 9.69 Å². The third kappa shape index (κ3) is 7.87. The molecule has 11 nitrogen and oxygen atoms in total. The number of hydrogen-bond acceptors (Lipinski definition) is 8. The molecule has 0 aromatic heterocycles. The van der Waals surface area contributed by atoms with E-state index in [4.69, 9.17) is 30.5 Å². The van der Waals surface area contributed by atoms with Crippen molar-refractivity contribution < 1.29 is 38.1 Å². The molecule has 0 saturated carbocycles. The largest absolute Gasteiger partial charge is 0.490 e. The third-order valence-corrected chi connectivity index (χ3v) is 6.37. The highest BCUT2D eigenvalue weighted by Gasteiger charge is 2.37. The fraction of sp³-hybridized carbons (Fsp3) is 0.250. The van der Waals surface area contributed by atoms with Crippen LogP contribution in [0.4, 0.5) is 16.2 Å². The van der Waals surface area contributed by atoms with Crippen molar-refractivity contribution in [1.82, 2.24) is 5.32 Å². The summed E-state index contributed by atoms with van der Waals surface area (Å²) in [6, 6.07) is 15.1. The normalized spacial score (nSPS) is 13.9. The first-order valence-corrected chi connectivity index (χ1v) is 14.4. The van der Waals surface area contributed by atoms with E-state index < -0.39 is 23.8 Å². The average Bonchev–Trinajstić information content (AvgIpc) is 3.00. The van der Waals surface area contributed by atoms with Crippen LogP contribution in [0.25, 0.3) is 6.08 Å². The van der Waals surface area contributed by atoms with Gasteiger partial charge >= 0.3 is 6.03 Å². The molecule has 12 heteroatoms. The molecule has 3 aromatic rings. The molecular formula is C32H32ClN3O8. The van der Waals surface area contributed by atoms with Crippen LogP contribution in [0.1, 0.15) is 32.8 Å². The Labute approximate surface area is 259 Å². The van der Waals surface area contributed by atoms with E-state index in [1.54, 1.807) is 68.4 Å². The molecule has 1 aliphatic rings. The summed E-state index contributed by atoms with van der Waals surface area (Å²) in [5, 5.41) is 5.47. The van der Waals surface area contributed by atoms with Crippen LogP contribution < -0.4 is 34.5 Å². The first-order chi connectivity index (χ1) is 21.2. The Morgan fingerprint density at radius 3 is 2.18 bits per heavy atom. The molecule has 1 heterocycles. The Hall–Kier alpha value is -5.03. The van der Waals surface area contributed by atoms with Gasteiger partial charge in [0, 0.05) is 16.8 Å². The van der Waals surface area contributed by atoms with Gasteiger partial charge in [0.15, 0.2) is 29.6 Å². The number of rotatable bonds is 13. The molecule has 0 aliphatic carbocycles. The lowest BCUT2D eigenvalue weighted by Crippen LogP contribution is -2.54. The van der Waals surface area contributed by atoms with Gasteiger partial charge in [-0.3, -0.25) is 19.7 Å². The maximum Gasteiger partial charge on any atom is 0.335 e. The number of hydrogen-bond donors (Lipinski definition) is 2. The Bertz CT molecular complexity index is 1570. The predicted molar refractivity (Wildman–Crippen MR) is 166 cm³/mol. The molecule has 0 spiro atoms. The van der Waals surface area contributed by atoms with Crippen LogP contribution in [0, 0.1) is 0 Å².